The third-order valence-electron chi connectivity index (χ3n) is 7.41. The minimum Gasteiger partial charge on any atom is -0.491 e. The van der Waals surface area contributed by atoms with Gasteiger partial charge in [0.1, 0.15) is 11.6 Å². The first-order valence-corrected chi connectivity index (χ1v) is 12.3. The largest absolute Gasteiger partial charge is 0.491 e. The Labute approximate surface area is 202 Å². The molecule has 0 aliphatic carbocycles. The number of benzene rings is 1. The molecule has 2 saturated heterocycles. The minimum atomic E-state index is -2.32. The maximum absolute atomic E-state index is 13.3. The number of nitrogens with zero attached hydrogens (tertiary/aromatic N) is 4. The maximum atomic E-state index is 13.3. The van der Waals surface area contributed by atoms with Crippen molar-refractivity contribution in [1.29, 1.82) is 0 Å². The number of rotatable bonds is 7. The molecule has 1 atom stereocenters. The Morgan fingerprint density at radius 3 is 2.59 bits per heavy atom. The summed E-state index contributed by atoms with van der Waals surface area (Å²) in [5, 5.41) is 0. The highest BCUT2D eigenvalue weighted by atomic mass is 19.3. The predicted molar refractivity (Wildman–Crippen MR) is 132 cm³/mol. The van der Waals surface area contributed by atoms with E-state index in [2.05, 4.69) is 35.5 Å². The molecule has 1 aromatic heterocycles. The number of halogens is 2. The van der Waals surface area contributed by atoms with Crippen LogP contribution in [-0.2, 0) is 7.05 Å². The molecule has 2 aromatic rings. The van der Waals surface area contributed by atoms with Gasteiger partial charge in [-0.1, -0.05) is 6.58 Å². The van der Waals surface area contributed by atoms with Crippen LogP contribution in [0.15, 0.2) is 37.2 Å². The summed E-state index contributed by atoms with van der Waals surface area (Å²) in [7, 11) is 1.99. The van der Waals surface area contributed by atoms with Crippen molar-refractivity contribution in [3.05, 3.63) is 54.1 Å². The van der Waals surface area contributed by atoms with Crippen molar-refractivity contribution in [3.8, 4) is 5.75 Å². The molecule has 34 heavy (non-hydrogen) atoms. The molecule has 1 aromatic carbocycles. The average molecular weight is 473 g/mol. The van der Waals surface area contributed by atoms with Gasteiger partial charge in [-0.25, -0.2) is 13.8 Å². The van der Waals surface area contributed by atoms with E-state index in [9.17, 15) is 8.78 Å². The number of hydrogen-bond acceptors (Lipinski definition) is 4. The third kappa shape index (κ3) is 5.45. The summed E-state index contributed by atoms with van der Waals surface area (Å²) in [5.74, 6) is 2.09. The number of hydrogen-bond donors (Lipinski definition) is 0. The lowest BCUT2D eigenvalue weighted by atomic mass is 9.69. The molecule has 0 radical (unpaired) electrons. The van der Waals surface area contributed by atoms with Crippen LogP contribution in [0.1, 0.15) is 56.0 Å². The number of ether oxygens (including phenoxy) is 1. The Balaban J connectivity index is 1.45. The van der Waals surface area contributed by atoms with Crippen molar-refractivity contribution in [2.75, 3.05) is 32.7 Å². The van der Waals surface area contributed by atoms with Gasteiger partial charge in [-0.15, -0.1) is 0 Å². The first-order chi connectivity index (χ1) is 16.2. The molecule has 0 N–H and O–H groups in total. The minimum absolute atomic E-state index is 0.0331. The van der Waals surface area contributed by atoms with E-state index in [1.54, 1.807) is 6.20 Å². The molecular formula is C27H38F2N4O. The second-order valence-electron chi connectivity index (χ2n) is 10.5. The molecule has 5 nitrogen and oxygen atoms in total. The maximum Gasteiger partial charge on any atom is 0.251 e. The van der Waals surface area contributed by atoms with E-state index < -0.39 is 6.43 Å². The lowest BCUT2D eigenvalue weighted by Crippen LogP contribution is -2.52. The van der Waals surface area contributed by atoms with Crippen LogP contribution in [0.4, 0.5) is 8.78 Å². The van der Waals surface area contributed by atoms with Gasteiger partial charge in [-0.3, -0.25) is 4.90 Å². The summed E-state index contributed by atoms with van der Waals surface area (Å²) in [6.07, 6.45) is 4.52. The molecule has 1 unspecified atom stereocenters. The summed E-state index contributed by atoms with van der Waals surface area (Å²) >= 11 is 0. The number of likely N-dealkylation sites (tertiary alicyclic amines) is 2. The van der Waals surface area contributed by atoms with Crippen molar-refractivity contribution in [2.24, 2.45) is 12.5 Å². The Hall–Kier alpha value is -2.41. The lowest BCUT2D eigenvalue weighted by Gasteiger charge is -2.50. The Bertz CT molecular complexity index is 994. The van der Waals surface area contributed by atoms with Crippen LogP contribution < -0.4 is 4.74 Å². The zero-order chi connectivity index (χ0) is 24.5. The van der Waals surface area contributed by atoms with Gasteiger partial charge >= 0.3 is 0 Å². The van der Waals surface area contributed by atoms with E-state index in [1.807, 2.05) is 42.6 Å². The molecule has 3 heterocycles. The molecule has 0 amide bonds. The van der Waals surface area contributed by atoms with Crippen LogP contribution in [-0.4, -0.2) is 64.6 Å². The van der Waals surface area contributed by atoms with Gasteiger partial charge in [0.25, 0.3) is 6.43 Å². The van der Waals surface area contributed by atoms with Crippen molar-refractivity contribution in [2.45, 2.75) is 58.5 Å². The number of imidazole rings is 1. The van der Waals surface area contributed by atoms with E-state index in [0.29, 0.717) is 6.54 Å². The van der Waals surface area contributed by atoms with Gasteiger partial charge in [0.15, 0.2) is 0 Å². The monoisotopic (exact) mass is 472 g/mol. The Morgan fingerprint density at radius 1 is 1.26 bits per heavy atom. The van der Waals surface area contributed by atoms with E-state index in [1.165, 1.54) is 0 Å². The Kier molecular flexibility index (Phi) is 7.31. The average Bonchev–Trinajstić information content (AvgIpc) is 3.20. The summed E-state index contributed by atoms with van der Waals surface area (Å²) in [4.78, 5) is 8.88. The van der Waals surface area contributed by atoms with E-state index in [-0.39, 0.29) is 24.0 Å². The fraction of sp³-hybridized carbons (Fsp3) is 0.593. The molecule has 4 rings (SSSR count). The molecule has 0 saturated carbocycles. The quantitative estimate of drug-likeness (QED) is 0.546. The van der Waals surface area contributed by atoms with Crippen molar-refractivity contribution >= 4 is 5.70 Å². The van der Waals surface area contributed by atoms with Crippen LogP contribution in [0.2, 0.25) is 0 Å². The summed E-state index contributed by atoms with van der Waals surface area (Å²) < 4.78 is 34.6. The SMILES string of the molecule is C=C(c1ccc(OC(C)C)c(C)c1)N1CCC2(CC1)CC(c1nccn1C)CN(CC(F)F)C2. The molecule has 2 fully saturated rings. The van der Waals surface area contributed by atoms with Crippen LogP contribution in [0.5, 0.6) is 5.75 Å². The van der Waals surface area contributed by atoms with Crippen LogP contribution in [0, 0.1) is 12.3 Å². The standard InChI is InChI=1S/C27H38F2N4O/c1-19(2)34-24-7-6-22(14-20(24)3)21(4)33-11-8-27(9-12-33)15-23(26-30-10-13-31(26)5)16-32(18-27)17-25(28)29/h6-7,10,13-14,19,23,25H,4,8-9,11-12,15-18H2,1-3,5H3. The van der Waals surface area contributed by atoms with Crippen molar-refractivity contribution < 1.29 is 13.5 Å². The molecular weight excluding hydrogens is 434 g/mol. The number of aryl methyl sites for hydroxylation is 2. The normalized spacial score (nSPS) is 20.9. The van der Waals surface area contributed by atoms with Gasteiger partial charge in [-0.2, -0.15) is 0 Å². The highest BCUT2D eigenvalue weighted by Crippen LogP contribution is 2.45. The summed E-state index contributed by atoms with van der Waals surface area (Å²) in [6, 6.07) is 6.26. The van der Waals surface area contributed by atoms with Crippen molar-refractivity contribution in [1.82, 2.24) is 19.4 Å². The van der Waals surface area contributed by atoms with Gasteiger partial charge in [0, 0.05) is 57.2 Å². The highest BCUT2D eigenvalue weighted by molar-refractivity contribution is 5.64. The first-order valence-electron chi connectivity index (χ1n) is 12.3. The van der Waals surface area contributed by atoms with Crippen LogP contribution in [0.25, 0.3) is 5.70 Å². The zero-order valence-corrected chi connectivity index (χ0v) is 20.9. The fourth-order valence-electron chi connectivity index (χ4n) is 5.79. The second kappa shape index (κ2) is 10.1. The zero-order valence-electron chi connectivity index (χ0n) is 20.9. The van der Waals surface area contributed by atoms with Crippen molar-refractivity contribution in [3.63, 3.8) is 0 Å². The van der Waals surface area contributed by atoms with Gasteiger partial charge in [0.05, 0.1) is 12.6 Å². The lowest BCUT2D eigenvalue weighted by molar-refractivity contribution is -0.00410. The summed E-state index contributed by atoms with van der Waals surface area (Å²) in [5.41, 5.74) is 3.27. The van der Waals surface area contributed by atoms with E-state index >= 15 is 0 Å². The molecule has 0 bridgehead atoms. The topological polar surface area (TPSA) is 33.5 Å². The van der Waals surface area contributed by atoms with Crippen LogP contribution >= 0.6 is 0 Å². The number of piperidine rings is 2. The van der Waals surface area contributed by atoms with E-state index in [4.69, 9.17) is 4.74 Å². The van der Waals surface area contributed by atoms with Crippen LogP contribution in [0.3, 0.4) is 0 Å². The highest BCUT2D eigenvalue weighted by Gasteiger charge is 2.43. The predicted octanol–water partition coefficient (Wildman–Crippen LogP) is 5.32. The first kappa shape index (κ1) is 24.7. The third-order valence-corrected chi connectivity index (χ3v) is 7.41. The van der Waals surface area contributed by atoms with Gasteiger partial charge in [-0.05, 0) is 74.8 Å². The fourth-order valence-corrected chi connectivity index (χ4v) is 5.79. The Morgan fingerprint density at radius 2 is 2.00 bits per heavy atom. The molecule has 1 spiro atoms. The molecule has 186 valence electrons. The van der Waals surface area contributed by atoms with Gasteiger partial charge < -0.3 is 14.2 Å². The van der Waals surface area contributed by atoms with Gasteiger partial charge in [0.2, 0.25) is 0 Å². The number of alkyl halides is 2. The molecule has 2 aliphatic rings. The summed E-state index contributed by atoms with van der Waals surface area (Å²) in [6.45, 7) is 13.5. The second-order valence-corrected chi connectivity index (χ2v) is 10.5. The molecule has 7 heteroatoms. The smallest absolute Gasteiger partial charge is 0.251 e. The molecule has 2 aliphatic heterocycles. The van der Waals surface area contributed by atoms with E-state index in [0.717, 1.165) is 67.3 Å². The number of aromatic nitrogens is 2.